The lowest BCUT2D eigenvalue weighted by molar-refractivity contribution is -0.118. The molecule has 2 amide bonds. The third kappa shape index (κ3) is 3.63. The molecule has 4 rings (SSSR count). The molecule has 4 heterocycles. The molecule has 0 radical (unpaired) electrons. The molecule has 8 nitrogen and oxygen atoms in total. The second kappa shape index (κ2) is 7.57. The summed E-state index contributed by atoms with van der Waals surface area (Å²) in [5.41, 5.74) is 3.41. The molecule has 1 fully saturated rings. The molecule has 0 spiro atoms. The third-order valence-electron chi connectivity index (χ3n) is 6.00. The number of nitrogens with zero attached hydrogens (tertiary/aromatic N) is 5. The molecule has 0 aromatic carbocycles. The predicted octanol–water partition coefficient (Wildman–Crippen LogP) is 2.56. The van der Waals surface area contributed by atoms with Gasteiger partial charge in [-0.1, -0.05) is 13.8 Å². The molecule has 2 aliphatic heterocycles. The Morgan fingerprint density at radius 3 is 2.79 bits per heavy atom. The van der Waals surface area contributed by atoms with Gasteiger partial charge in [0.15, 0.2) is 0 Å². The van der Waals surface area contributed by atoms with Crippen molar-refractivity contribution >= 4 is 17.6 Å². The van der Waals surface area contributed by atoms with Crippen molar-refractivity contribution in [2.45, 2.75) is 58.3 Å². The van der Waals surface area contributed by atoms with Gasteiger partial charge in [-0.25, -0.2) is 9.97 Å². The molecular formula is C21H28N6O2. The number of H-pyrrole nitrogens is 1. The van der Waals surface area contributed by atoms with Crippen LogP contribution in [0.5, 0.6) is 0 Å². The maximum absolute atomic E-state index is 13.0. The van der Waals surface area contributed by atoms with E-state index in [0.29, 0.717) is 37.5 Å². The van der Waals surface area contributed by atoms with Gasteiger partial charge in [-0.15, -0.1) is 0 Å². The van der Waals surface area contributed by atoms with E-state index in [-0.39, 0.29) is 17.7 Å². The number of aromatic amines is 1. The minimum absolute atomic E-state index is 0.0557. The molecule has 1 N–H and O–H groups in total. The molecule has 8 heteroatoms. The van der Waals surface area contributed by atoms with E-state index in [9.17, 15) is 9.59 Å². The van der Waals surface area contributed by atoms with Gasteiger partial charge in [-0.2, -0.15) is 5.10 Å². The first-order valence-corrected chi connectivity index (χ1v) is 10.3. The summed E-state index contributed by atoms with van der Waals surface area (Å²) in [6, 6.07) is 1.84. The van der Waals surface area contributed by atoms with Crippen LogP contribution in [0.15, 0.2) is 6.07 Å². The zero-order valence-corrected chi connectivity index (χ0v) is 17.5. The van der Waals surface area contributed by atoms with Gasteiger partial charge in [-0.05, 0) is 38.2 Å². The number of nitrogens with one attached hydrogen (secondary N) is 1. The quantitative estimate of drug-likeness (QED) is 0.860. The first-order valence-electron chi connectivity index (χ1n) is 10.3. The number of carbonyl (C=O) groups is 2. The molecule has 154 valence electrons. The Bertz CT molecular complexity index is 951. The normalized spacial score (nSPS) is 19.6. The van der Waals surface area contributed by atoms with Gasteiger partial charge in [0.2, 0.25) is 5.91 Å². The molecule has 0 aliphatic carbocycles. The summed E-state index contributed by atoms with van der Waals surface area (Å²) in [7, 11) is 1.77. The topological polar surface area (TPSA) is 95.1 Å². The van der Waals surface area contributed by atoms with Gasteiger partial charge in [0.25, 0.3) is 5.91 Å². The Hall–Kier alpha value is -2.77. The second-order valence-electron chi connectivity index (χ2n) is 8.38. The first kappa shape index (κ1) is 19.5. The molecule has 0 saturated carbocycles. The average molecular weight is 396 g/mol. The van der Waals surface area contributed by atoms with E-state index in [1.165, 1.54) is 0 Å². The molecular weight excluding hydrogens is 368 g/mol. The molecule has 2 aromatic rings. The van der Waals surface area contributed by atoms with E-state index in [4.69, 9.17) is 9.97 Å². The summed E-state index contributed by atoms with van der Waals surface area (Å²) >= 11 is 0. The first-order chi connectivity index (χ1) is 13.8. The van der Waals surface area contributed by atoms with Crippen molar-refractivity contribution in [2.75, 3.05) is 25.0 Å². The maximum atomic E-state index is 13.0. The van der Waals surface area contributed by atoms with Crippen LogP contribution >= 0.6 is 0 Å². The largest absolute Gasteiger partial charge is 0.337 e. The molecule has 0 bridgehead atoms. The molecule has 2 aliphatic rings. The highest BCUT2D eigenvalue weighted by Crippen LogP contribution is 2.31. The number of hydrogen-bond donors (Lipinski definition) is 1. The lowest BCUT2D eigenvalue weighted by Crippen LogP contribution is -2.40. The SMILES string of the molecule is Cc1nc(C2CCCN(C(=O)c3cc(C(C)C)[nH]n3)C2)nc2c1CCC(=O)N2C. The monoisotopic (exact) mass is 396 g/mol. The standard InChI is InChI=1S/C21H28N6O2/c1-12(2)16-10-17(25-24-16)21(29)27-9-5-6-14(11-27)19-22-13(3)15-7-8-18(28)26(4)20(15)23-19/h10,12,14H,5-9,11H2,1-4H3,(H,24,25). The number of aryl methyl sites for hydroxylation is 1. The Kier molecular flexibility index (Phi) is 5.10. The molecule has 1 saturated heterocycles. The minimum Gasteiger partial charge on any atom is -0.337 e. The van der Waals surface area contributed by atoms with Crippen LogP contribution in [0, 0.1) is 6.92 Å². The van der Waals surface area contributed by atoms with Gasteiger partial charge in [0.05, 0.1) is 0 Å². The van der Waals surface area contributed by atoms with Crippen LogP contribution in [0.1, 0.15) is 78.2 Å². The van der Waals surface area contributed by atoms with E-state index in [0.717, 1.165) is 41.4 Å². The van der Waals surface area contributed by atoms with Gasteiger partial charge in [-0.3, -0.25) is 19.6 Å². The predicted molar refractivity (Wildman–Crippen MR) is 109 cm³/mol. The van der Waals surface area contributed by atoms with Crippen molar-refractivity contribution in [1.82, 2.24) is 25.1 Å². The van der Waals surface area contributed by atoms with Gasteiger partial charge in [0, 0.05) is 49.4 Å². The number of rotatable bonds is 3. The number of amides is 2. The fourth-order valence-corrected chi connectivity index (χ4v) is 4.15. The van der Waals surface area contributed by atoms with Crippen molar-refractivity contribution in [3.05, 3.63) is 34.5 Å². The lowest BCUT2D eigenvalue weighted by Gasteiger charge is -2.33. The molecule has 29 heavy (non-hydrogen) atoms. The van der Waals surface area contributed by atoms with Crippen molar-refractivity contribution in [3.63, 3.8) is 0 Å². The van der Waals surface area contributed by atoms with E-state index in [2.05, 4.69) is 24.0 Å². The van der Waals surface area contributed by atoms with Crippen molar-refractivity contribution in [3.8, 4) is 0 Å². The van der Waals surface area contributed by atoms with Crippen molar-refractivity contribution in [1.29, 1.82) is 0 Å². The molecule has 1 atom stereocenters. The Morgan fingerprint density at radius 1 is 1.28 bits per heavy atom. The fourth-order valence-electron chi connectivity index (χ4n) is 4.15. The number of anilines is 1. The molecule has 1 unspecified atom stereocenters. The summed E-state index contributed by atoms with van der Waals surface area (Å²) in [6.07, 6.45) is 3.02. The van der Waals surface area contributed by atoms with Crippen LogP contribution in [0.2, 0.25) is 0 Å². The van der Waals surface area contributed by atoms with Gasteiger partial charge >= 0.3 is 0 Å². The lowest BCUT2D eigenvalue weighted by atomic mass is 9.95. The summed E-state index contributed by atoms with van der Waals surface area (Å²) in [4.78, 5) is 38.1. The third-order valence-corrected chi connectivity index (χ3v) is 6.00. The number of piperidine rings is 1. The van der Waals surface area contributed by atoms with E-state index in [1.54, 1.807) is 11.9 Å². The van der Waals surface area contributed by atoms with Crippen LogP contribution in [0.3, 0.4) is 0 Å². The van der Waals surface area contributed by atoms with E-state index >= 15 is 0 Å². The number of likely N-dealkylation sites (tertiary alicyclic amines) is 1. The van der Waals surface area contributed by atoms with Crippen LogP contribution in [0.25, 0.3) is 0 Å². The minimum atomic E-state index is -0.0557. The Morgan fingerprint density at radius 2 is 2.07 bits per heavy atom. The number of hydrogen-bond acceptors (Lipinski definition) is 5. The molecule has 2 aromatic heterocycles. The summed E-state index contributed by atoms with van der Waals surface area (Å²) in [5, 5.41) is 7.17. The highest BCUT2D eigenvalue weighted by atomic mass is 16.2. The summed E-state index contributed by atoms with van der Waals surface area (Å²) in [5.74, 6) is 1.84. The number of aromatic nitrogens is 4. The van der Waals surface area contributed by atoms with E-state index in [1.807, 2.05) is 17.9 Å². The fraction of sp³-hybridized carbons (Fsp3) is 0.571. The maximum Gasteiger partial charge on any atom is 0.274 e. The van der Waals surface area contributed by atoms with Gasteiger partial charge in [0.1, 0.15) is 17.3 Å². The summed E-state index contributed by atoms with van der Waals surface area (Å²) in [6.45, 7) is 7.39. The zero-order chi connectivity index (χ0) is 20.7. The van der Waals surface area contributed by atoms with Crippen molar-refractivity contribution < 1.29 is 9.59 Å². The summed E-state index contributed by atoms with van der Waals surface area (Å²) < 4.78 is 0. The number of fused-ring (bicyclic) bond motifs is 1. The highest BCUT2D eigenvalue weighted by molar-refractivity contribution is 5.95. The van der Waals surface area contributed by atoms with Gasteiger partial charge < -0.3 is 4.90 Å². The van der Waals surface area contributed by atoms with Crippen LogP contribution < -0.4 is 4.90 Å². The average Bonchev–Trinajstić information content (AvgIpc) is 3.21. The van der Waals surface area contributed by atoms with Crippen molar-refractivity contribution in [2.24, 2.45) is 0 Å². The number of carbonyl (C=O) groups excluding carboxylic acids is 2. The van der Waals surface area contributed by atoms with Crippen LogP contribution in [-0.4, -0.2) is 57.0 Å². The smallest absolute Gasteiger partial charge is 0.274 e. The second-order valence-corrected chi connectivity index (χ2v) is 8.38. The Labute approximate surface area is 170 Å². The van der Waals surface area contributed by atoms with E-state index < -0.39 is 0 Å². The van der Waals surface area contributed by atoms with Crippen LogP contribution in [0.4, 0.5) is 5.82 Å². The zero-order valence-electron chi connectivity index (χ0n) is 17.5. The Balaban J connectivity index is 1.56. The van der Waals surface area contributed by atoms with Crippen LogP contribution in [-0.2, 0) is 11.2 Å². The highest BCUT2D eigenvalue weighted by Gasteiger charge is 2.31.